The second-order valence-corrected chi connectivity index (χ2v) is 8.71. The number of likely N-dealkylation sites (tertiary alicyclic amines) is 1. The first-order valence-corrected chi connectivity index (χ1v) is 12.3. The van der Waals surface area contributed by atoms with Gasteiger partial charge in [0.1, 0.15) is 5.75 Å². The van der Waals surface area contributed by atoms with Gasteiger partial charge in [0.2, 0.25) is 0 Å². The highest BCUT2D eigenvalue weighted by Gasteiger charge is 2.13. The van der Waals surface area contributed by atoms with Crippen molar-refractivity contribution in [2.75, 3.05) is 38.6 Å². The number of hydrogen-bond acceptors (Lipinski definition) is 3. The minimum Gasteiger partial charge on any atom is -0.497 e. The number of nitrogens with zero attached hydrogens (tertiary/aromatic N) is 1. The van der Waals surface area contributed by atoms with Gasteiger partial charge in [-0.1, -0.05) is 67.9 Å². The summed E-state index contributed by atoms with van der Waals surface area (Å²) in [4.78, 5) is 2.57. The topological polar surface area (TPSA) is 24.5 Å². The molecule has 3 nitrogen and oxygen atoms in total. The van der Waals surface area contributed by atoms with Gasteiger partial charge in [0.15, 0.2) is 0 Å². The molecular weight excluding hydrogens is 404 g/mol. The Kier molecular flexibility index (Phi) is 8.21. The molecule has 0 aliphatic carbocycles. The fraction of sp³-hybridized carbons (Fsp3) is 0.333. The molecule has 0 radical (unpaired) electrons. The molecule has 1 saturated heterocycles. The number of allylic oxidation sites excluding steroid dienone is 1. The minimum atomic E-state index is 0.885. The van der Waals surface area contributed by atoms with Crippen molar-refractivity contribution in [2.45, 2.75) is 32.6 Å². The summed E-state index contributed by atoms with van der Waals surface area (Å²) in [6.07, 6.45) is 5.03. The molecule has 33 heavy (non-hydrogen) atoms. The monoisotopic (exact) mass is 440 g/mol. The van der Waals surface area contributed by atoms with E-state index in [4.69, 9.17) is 4.74 Å². The largest absolute Gasteiger partial charge is 0.497 e. The highest BCUT2D eigenvalue weighted by Crippen LogP contribution is 2.35. The molecular formula is C30H36N2O. The fourth-order valence-corrected chi connectivity index (χ4v) is 4.73. The van der Waals surface area contributed by atoms with Crippen molar-refractivity contribution in [1.82, 2.24) is 4.90 Å². The Hall–Kier alpha value is -3.04. The van der Waals surface area contributed by atoms with E-state index < -0.39 is 0 Å². The van der Waals surface area contributed by atoms with Crippen LogP contribution in [0.4, 0.5) is 5.69 Å². The van der Waals surface area contributed by atoms with Crippen molar-refractivity contribution in [3.8, 4) is 5.75 Å². The summed E-state index contributed by atoms with van der Waals surface area (Å²) >= 11 is 0. The zero-order chi connectivity index (χ0) is 22.9. The minimum absolute atomic E-state index is 0.885. The van der Waals surface area contributed by atoms with Crippen LogP contribution in [0.5, 0.6) is 5.75 Å². The van der Waals surface area contributed by atoms with Crippen LogP contribution in [0.25, 0.3) is 11.1 Å². The molecule has 3 heteroatoms. The molecule has 1 N–H and O–H groups in total. The van der Waals surface area contributed by atoms with Crippen LogP contribution in [-0.2, 0) is 0 Å². The van der Waals surface area contributed by atoms with Crippen LogP contribution in [-0.4, -0.2) is 38.2 Å². The molecule has 4 rings (SSSR count). The quantitative estimate of drug-likeness (QED) is 0.364. The lowest BCUT2D eigenvalue weighted by molar-refractivity contribution is 0.237. The molecule has 1 aliphatic heterocycles. The van der Waals surface area contributed by atoms with Gasteiger partial charge in [-0.3, -0.25) is 0 Å². The molecule has 172 valence electrons. The number of hydrogen-bond donors (Lipinski definition) is 1. The molecule has 0 aromatic heterocycles. The van der Waals surface area contributed by atoms with Gasteiger partial charge in [0.25, 0.3) is 0 Å². The van der Waals surface area contributed by atoms with Crippen molar-refractivity contribution in [1.29, 1.82) is 0 Å². The molecule has 3 aromatic carbocycles. The number of methoxy groups -OCH3 is 1. The van der Waals surface area contributed by atoms with E-state index in [2.05, 4.69) is 83.9 Å². The third-order valence-electron chi connectivity index (χ3n) is 6.54. The van der Waals surface area contributed by atoms with Crippen LogP contribution in [0.2, 0.25) is 0 Å². The molecule has 0 atom stereocenters. The Bertz CT molecular complexity index is 1020. The normalized spacial score (nSPS) is 15.1. The van der Waals surface area contributed by atoms with Gasteiger partial charge in [-0.2, -0.15) is 0 Å². The van der Waals surface area contributed by atoms with E-state index in [0.29, 0.717) is 0 Å². The Morgan fingerprint density at radius 3 is 2.06 bits per heavy atom. The van der Waals surface area contributed by atoms with E-state index in [1.54, 1.807) is 7.11 Å². The number of nitrogens with one attached hydrogen (secondary N) is 1. The third-order valence-corrected chi connectivity index (χ3v) is 6.54. The van der Waals surface area contributed by atoms with Gasteiger partial charge in [-0.15, -0.1) is 0 Å². The summed E-state index contributed by atoms with van der Waals surface area (Å²) in [5, 5.41) is 3.61. The van der Waals surface area contributed by atoms with Crippen LogP contribution in [0, 0.1) is 0 Å². The Morgan fingerprint density at radius 2 is 1.42 bits per heavy atom. The SMILES string of the molecule is CCC(=C(c1ccccc1)c1ccc(NCCN2CCCCC2)cc1)c1ccc(OC)cc1. The van der Waals surface area contributed by atoms with Crippen LogP contribution < -0.4 is 10.1 Å². The zero-order valence-corrected chi connectivity index (χ0v) is 20.0. The van der Waals surface area contributed by atoms with Gasteiger partial charge >= 0.3 is 0 Å². The fourth-order valence-electron chi connectivity index (χ4n) is 4.73. The molecule has 0 spiro atoms. The van der Waals surface area contributed by atoms with Gasteiger partial charge < -0.3 is 15.0 Å². The molecule has 1 fully saturated rings. The molecule has 3 aromatic rings. The van der Waals surface area contributed by atoms with Crippen LogP contribution in [0.15, 0.2) is 78.9 Å². The van der Waals surface area contributed by atoms with E-state index in [1.165, 1.54) is 65.9 Å². The summed E-state index contributed by atoms with van der Waals surface area (Å²) < 4.78 is 5.37. The van der Waals surface area contributed by atoms with Gasteiger partial charge in [0.05, 0.1) is 7.11 Å². The summed E-state index contributed by atoms with van der Waals surface area (Å²) in [6, 6.07) is 28.1. The predicted molar refractivity (Wildman–Crippen MR) is 141 cm³/mol. The lowest BCUT2D eigenvalue weighted by atomic mass is 9.88. The molecule has 1 aliphatic rings. The first kappa shape index (κ1) is 23.1. The second-order valence-electron chi connectivity index (χ2n) is 8.71. The zero-order valence-electron chi connectivity index (χ0n) is 20.0. The summed E-state index contributed by atoms with van der Waals surface area (Å²) in [7, 11) is 1.71. The smallest absolute Gasteiger partial charge is 0.118 e. The number of benzene rings is 3. The molecule has 0 saturated carbocycles. The van der Waals surface area contributed by atoms with Crippen LogP contribution in [0.1, 0.15) is 49.3 Å². The molecule has 0 bridgehead atoms. The first-order valence-electron chi connectivity index (χ1n) is 12.3. The van der Waals surface area contributed by atoms with Gasteiger partial charge in [-0.25, -0.2) is 0 Å². The molecule has 0 amide bonds. The van der Waals surface area contributed by atoms with Gasteiger partial charge in [-0.05, 0) is 84.5 Å². The maximum absolute atomic E-state index is 5.37. The lowest BCUT2D eigenvalue weighted by Crippen LogP contribution is -2.33. The van der Waals surface area contributed by atoms with E-state index in [9.17, 15) is 0 Å². The van der Waals surface area contributed by atoms with Crippen molar-refractivity contribution < 1.29 is 4.74 Å². The van der Waals surface area contributed by atoms with Crippen molar-refractivity contribution in [2.24, 2.45) is 0 Å². The summed E-state index contributed by atoms with van der Waals surface area (Å²) in [6.45, 7) is 6.84. The number of anilines is 1. The standard InChI is InChI=1S/C30H36N2O/c1-3-29(24-14-18-28(33-2)19-15-24)30(25-10-6-4-7-11-25)26-12-16-27(17-13-26)31-20-23-32-21-8-5-9-22-32/h4,6-7,10-19,31H,3,5,8-9,20-23H2,1-2H3. The third kappa shape index (κ3) is 6.06. The summed E-state index contributed by atoms with van der Waals surface area (Å²) in [5.74, 6) is 0.885. The average Bonchev–Trinajstić information content (AvgIpc) is 2.89. The molecule has 0 unspecified atom stereocenters. The Labute approximate surface area is 199 Å². The van der Waals surface area contributed by atoms with Gasteiger partial charge in [0, 0.05) is 18.8 Å². The van der Waals surface area contributed by atoms with Crippen molar-refractivity contribution in [3.63, 3.8) is 0 Å². The van der Waals surface area contributed by atoms with E-state index in [-0.39, 0.29) is 0 Å². The molecule has 1 heterocycles. The number of piperidine rings is 1. The number of ether oxygens (including phenoxy) is 1. The van der Waals surface area contributed by atoms with E-state index in [1.807, 2.05) is 12.1 Å². The van der Waals surface area contributed by atoms with E-state index in [0.717, 1.165) is 25.3 Å². The Morgan fingerprint density at radius 1 is 0.788 bits per heavy atom. The highest BCUT2D eigenvalue weighted by atomic mass is 16.5. The second kappa shape index (κ2) is 11.7. The highest BCUT2D eigenvalue weighted by molar-refractivity contribution is 5.98. The lowest BCUT2D eigenvalue weighted by Gasteiger charge is -2.26. The predicted octanol–water partition coefficient (Wildman–Crippen LogP) is 6.96. The first-order chi connectivity index (χ1) is 16.3. The van der Waals surface area contributed by atoms with E-state index >= 15 is 0 Å². The van der Waals surface area contributed by atoms with Crippen molar-refractivity contribution >= 4 is 16.8 Å². The van der Waals surface area contributed by atoms with Crippen molar-refractivity contribution in [3.05, 3.63) is 95.6 Å². The van der Waals surface area contributed by atoms with Crippen LogP contribution >= 0.6 is 0 Å². The maximum atomic E-state index is 5.37. The summed E-state index contributed by atoms with van der Waals surface area (Å²) in [5.41, 5.74) is 7.55. The van der Waals surface area contributed by atoms with Crippen LogP contribution in [0.3, 0.4) is 0 Å². The average molecular weight is 441 g/mol. The Balaban J connectivity index is 1.58. The maximum Gasteiger partial charge on any atom is 0.118 e. The number of rotatable bonds is 9.